The fraction of sp³-hybridized carbons (Fsp3) is 0.136. The number of carbonyl (C=O) groups is 1. The van der Waals surface area contributed by atoms with E-state index < -0.39 is 10.0 Å². The van der Waals surface area contributed by atoms with Crippen molar-refractivity contribution in [2.24, 2.45) is 0 Å². The van der Waals surface area contributed by atoms with E-state index in [0.717, 1.165) is 10.5 Å². The predicted molar refractivity (Wildman–Crippen MR) is 124 cm³/mol. The molecule has 0 bridgehead atoms. The number of rotatable bonds is 9. The molecule has 3 aromatic rings. The molecule has 0 fully saturated rings. The van der Waals surface area contributed by atoms with Crippen LogP contribution in [0.15, 0.2) is 82.6 Å². The van der Waals surface area contributed by atoms with Crippen molar-refractivity contribution in [3.8, 4) is 5.75 Å². The fourth-order valence-electron chi connectivity index (χ4n) is 2.66. The van der Waals surface area contributed by atoms with Gasteiger partial charge in [-0.25, -0.2) is 13.1 Å². The highest BCUT2D eigenvalue weighted by Crippen LogP contribution is 2.27. The minimum atomic E-state index is -3.75. The summed E-state index contributed by atoms with van der Waals surface area (Å²) in [5.74, 6) is -0.132. The maximum atomic E-state index is 12.5. The van der Waals surface area contributed by atoms with Crippen LogP contribution in [0.3, 0.4) is 0 Å². The van der Waals surface area contributed by atoms with Crippen molar-refractivity contribution in [3.05, 3.63) is 83.4 Å². The van der Waals surface area contributed by atoms with E-state index in [1.165, 1.54) is 18.2 Å². The Balaban J connectivity index is 1.59. The molecule has 0 saturated heterocycles. The van der Waals surface area contributed by atoms with Crippen LogP contribution in [-0.4, -0.2) is 27.2 Å². The number of halogens is 1. The second kappa shape index (κ2) is 10.7. The molecule has 0 unspecified atom stereocenters. The largest absolute Gasteiger partial charge is 0.482 e. The Morgan fingerprint density at radius 3 is 2.52 bits per heavy atom. The first kappa shape index (κ1) is 23.1. The Morgan fingerprint density at radius 2 is 1.81 bits per heavy atom. The summed E-state index contributed by atoms with van der Waals surface area (Å²) in [6.45, 7) is -0.0987. The molecule has 0 atom stereocenters. The zero-order chi connectivity index (χ0) is 22.3. The molecule has 2 N–H and O–H groups in total. The van der Waals surface area contributed by atoms with Gasteiger partial charge in [0, 0.05) is 17.1 Å². The summed E-state index contributed by atoms with van der Waals surface area (Å²) in [4.78, 5) is 13.2. The molecule has 0 aliphatic heterocycles. The van der Waals surface area contributed by atoms with Crippen LogP contribution in [0.2, 0.25) is 5.02 Å². The third kappa shape index (κ3) is 6.73. The van der Waals surface area contributed by atoms with Gasteiger partial charge >= 0.3 is 0 Å². The first-order chi connectivity index (χ1) is 14.9. The third-order valence-corrected chi connectivity index (χ3v) is 6.65. The molecule has 31 heavy (non-hydrogen) atoms. The first-order valence-corrected chi connectivity index (χ1v) is 12.4. The van der Waals surface area contributed by atoms with Gasteiger partial charge in [-0.15, -0.1) is 11.8 Å². The lowest BCUT2D eigenvalue weighted by molar-refractivity contribution is -0.118. The van der Waals surface area contributed by atoms with Gasteiger partial charge in [0.25, 0.3) is 5.91 Å². The predicted octanol–water partition coefficient (Wildman–Crippen LogP) is 4.56. The van der Waals surface area contributed by atoms with Crippen molar-refractivity contribution in [2.75, 3.05) is 18.2 Å². The van der Waals surface area contributed by atoms with Crippen LogP contribution in [0.1, 0.15) is 5.56 Å². The van der Waals surface area contributed by atoms with Crippen molar-refractivity contribution in [1.29, 1.82) is 0 Å². The smallest absolute Gasteiger partial charge is 0.262 e. The molecule has 3 rings (SSSR count). The number of hydrogen-bond acceptors (Lipinski definition) is 5. The average molecular weight is 477 g/mol. The summed E-state index contributed by atoms with van der Waals surface area (Å²) < 4.78 is 33.0. The molecule has 0 aromatic heterocycles. The van der Waals surface area contributed by atoms with E-state index in [0.29, 0.717) is 5.69 Å². The minimum Gasteiger partial charge on any atom is -0.482 e. The van der Waals surface area contributed by atoms with Gasteiger partial charge in [-0.3, -0.25) is 4.79 Å². The maximum Gasteiger partial charge on any atom is 0.262 e. The number of ether oxygens (including phenoxy) is 1. The molecule has 0 heterocycles. The number of amides is 1. The molecular weight excluding hydrogens is 456 g/mol. The molecule has 162 valence electrons. The molecule has 0 spiro atoms. The zero-order valence-corrected chi connectivity index (χ0v) is 19.1. The van der Waals surface area contributed by atoms with E-state index >= 15 is 0 Å². The van der Waals surface area contributed by atoms with E-state index in [1.807, 2.05) is 54.8 Å². The Bertz CT molecular complexity index is 1160. The van der Waals surface area contributed by atoms with Gasteiger partial charge in [-0.05, 0) is 48.2 Å². The highest BCUT2D eigenvalue weighted by molar-refractivity contribution is 7.98. The summed E-state index contributed by atoms with van der Waals surface area (Å²) in [6.07, 6.45) is 1.95. The van der Waals surface area contributed by atoms with Crippen LogP contribution in [0, 0.1) is 0 Å². The second-order valence-electron chi connectivity index (χ2n) is 6.47. The average Bonchev–Trinajstić information content (AvgIpc) is 2.77. The van der Waals surface area contributed by atoms with Crippen LogP contribution >= 0.6 is 23.4 Å². The van der Waals surface area contributed by atoms with E-state index in [9.17, 15) is 13.2 Å². The second-order valence-corrected chi connectivity index (χ2v) is 9.52. The number of carbonyl (C=O) groups excluding carboxylic acids is 1. The SMILES string of the molecule is CSc1cccc(NC(=O)COc2ccc(S(=O)(=O)NCc3ccccc3)cc2Cl)c1. The lowest BCUT2D eigenvalue weighted by Gasteiger charge is -2.11. The van der Waals surface area contributed by atoms with Gasteiger partial charge < -0.3 is 10.1 Å². The van der Waals surface area contributed by atoms with E-state index in [2.05, 4.69) is 10.0 Å². The quantitative estimate of drug-likeness (QED) is 0.442. The Labute approximate surface area is 191 Å². The summed E-state index contributed by atoms with van der Waals surface area (Å²) in [5, 5.41) is 2.85. The van der Waals surface area contributed by atoms with Crippen molar-refractivity contribution in [2.45, 2.75) is 16.3 Å². The molecule has 6 nitrogen and oxygen atoms in total. The van der Waals surface area contributed by atoms with Gasteiger partial charge in [0.1, 0.15) is 5.75 Å². The van der Waals surface area contributed by atoms with Gasteiger partial charge in [0.05, 0.1) is 9.92 Å². The van der Waals surface area contributed by atoms with Crippen molar-refractivity contribution in [3.63, 3.8) is 0 Å². The lowest BCUT2D eigenvalue weighted by atomic mass is 10.2. The van der Waals surface area contributed by atoms with Crippen molar-refractivity contribution in [1.82, 2.24) is 4.72 Å². The Kier molecular flexibility index (Phi) is 7.97. The first-order valence-electron chi connectivity index (χ1n) is 9.27. The van der Waals surface area contributed by atoms with Gasteiger partial charge in [0.15, 0.2) is 6.61 Å². The Morgan fingerprint density at radius 1 is 1.03 bits per heavy atom. The van der Waals surface area contributed by atoms with Crippen LogP contribution in [-0.2, 0) is 21.4 Å². The number of hydrogen-bond donors (Lipinski definition) is 2. The van der Waals surface area contributed by atoms with Gasteiger partial charge in [-0.2, -0.15) is 0 Å². The molecule has 0 radical (unpaired) electrons. The molecule has 1 amide bonds. The number of sulfonamides is 1. The number of benzene rings is 3. The Hall–Kier alpha value is -2.52. The van der Waals surface area contributed by atoms with Crippen LogP contribution in [0.25, 0.3) is 0 Å². The van der Waals surface area contributed by atoms with Crippen LogP contribution < -0.4 is 14.8 Å². The summed E-state index contributed by atoms with van der Waals surface area (Å²) in [7, 11) is -3.75. The summed E-state index contributed by atoms with van der Waals surface area (Å²) >= 11 is 7.76. The number of anilines is 1. The zero-order valence-electron chi connectivity index (χ0n) is 16.7. The normalized spacial score (nSPS) is 11.2. The topological polar surface area (TPSA) is 84.5 Å². The third-order valence-electron chi connectivity index (χ3n) is 4.24. The van der Waals surface area contributed by atoms with E-state index in [4.69, 9.17) is 16.3 Å². The molecule has 0 saturated carbocycles. The molecule has 0 aliphatic carbocycles. The summed E-state index contributed by atoms with van der Waals surface area (Å²) in [6, 6.07) is 20.7. The fourth-order valence-corrected chi connectivity index (χ4v) is 4.47. The van der Waals surface area contributed by atoms with Crippen molar-refractivity contribution >= 4 is 45.0 Å². The van der Waals surface area contributed by atoms with Gasteiger partial charge in [0.2, 0.25) is 10.0 Å². The molecule has 3 aromatic carbocycles. The molecular formula is C22H21ClN2O4S2. The lowest BCUT2D eigenvalue weighted by Crippen LogP contribution is -2.23. The monoisotopic (exact) mass is 476 g/mol. The maximum absolute atomic E-state index is 12.5. The molecule has 0 aliphatic rings. The van der Waals surface area contributed by atoms with Crippen LogP contribution in [0.4, 0.5) is 5.69 Å². The van der Waals surface area contributed by atoms with E-state index in [1.54, 1.807) is 17.8 Å². The van der Waals surface area contributed by atoms with E-state index in [-0.39, 0.29) is 34.7 Å². The van der Waals surface area contributed by atoms with Crippen molar-refractivity contribution < 1.29 is 17.9 Å². The van der Waals surface area contributed by atoms with Crippen LogP contribution in [0.5, 0.6) is 5.75 Å². The number of nitrogens with one attached hydrogen (secondary N) is 2. The minimum absolute atomic E-state index is 0.0131. The standard InChI is InChI=1S/C22H21ClN2O4S2/c1-30-18-9-5-8-17(12-18)25-22(26)15-29-21-11-10-19(13-20(21)23)31(27,28)24-14-16-6-3-2-4-7-16/h2-13,24H,14-15H2,1H3,(H,25,26). The molecule has 9 heteroatoms. The highest BCUT2D eigenvalue weighted by atomic mass is 35.5. The summed E-state index contributed by atoms with van der Waals surface area (Å²) in [5.41, 5.74) is 1.50. The highest BCUT2D eigenvalue weighted by Gasteiger charge is 2.16. The van der Waals surface area contributed by atoms with Gasteiger partial charge in [-0.1, -0.05) is 48.0 Å². The number of thioether (sulfide) groups is 1.